The van der Waals surface area contributed by atoms with Crippen LogP contribution in [0.3, 0.4) is 0 Å². The first-order valence-electron chi connectivity index (χ1n) is 6.44. The van der Waals surface area contributed by atoms with Gasteiger partial charge in [-0.2, -0.15) is 0 Å². The van der Waals surface area contributed by atoms with Crippen LogP contribution >= 0.6 is 0 Å². The molecule has 1 N–H and O–H groups in total. The summed E-state index contributed by atoms with van der Waals surface area (Å²) in [6.07, 6.45) is 0. The molecule has 0 heterocycles. The molecule has 0 aliphatic heterocycles. The van der Waals surface area contributed by atoms with Crippen LogP contribution in [0.1, 0.15) is 41.5 Å². The highest BCUT2D eigenvalue weighted by Crippen LogP contribution is 2.36. The predicted octanol–water partition coefficient (Wildman–Crippen LogP) is 3.24. The maximum atomic E-state index is 11.8. The fourth-order valence-electron chi connectivity index (χ4n) is 1.06. The quantitative estimate of drug-likeness (QED) is 0.766. The Morgan fingerprint density at radius 2 is 1.63 bits per heavy atom. The second kappa shape index (κ2) is 5.67. The largest absolute Gasteiger partial charge is 0.415 e. The summed E-state index contributed by atoms with van der Waals surface area (Å²) in [7, 11) is -5.34. The molecule has 19 heavy (non-hydrogen) atoms. The lowest BCUT2D eigenvalue weighted by Crippen LogP contribution is -2.51. The minimum Gasteiger partial charge on any atom is -0.415 e. The van der Waals surface area contributed by atoms with Crippen LogP contribution in [-0.2, 0) is 14.4 Å². The van der Waals surface area contributed by atoms with Crippen molar-refractivity contribution in [3.05, 3.63) is 11.5 Å². The number of allylic oxidation sites excluding steroid dienone is 1. The lowest BCUT2D eigenvalue weighted by molar-refractivity contribution is 0.211. The molecule has 0 fully saturated rings. The van der Waals surface area contributed by atoms with Crippen molar-refractivity contribution in [1.29, 1.82) is 0 Å². The van der Waals surface area contributed by atoms with Gasteiger partial charge in [0.15, 0.2) is 8.32 Å². The van der Waals surface area contributed by atoms with Crippen LogP contribution < -0.4 is 4.72 Å². The lowest BCUT2D eigenvalue weighted by atomic mass is 10.1. The van der Waals surface area contributed by atoms with Gasteiger partial charge in [-0.3, -0.25) is 0 Å². The molecule has 114 valence electrons. The van der Waals surface area contributed by atoms with Crippen molar-refractivity contribution < 1.29 is 12.8 Å². The summed E-state index contributed by atoms with van der Waals surface area (Å²) < 4.78 is 32.3. The molecule has 0 aromatic heterocycles. The summed E-state index contributed by atoms with van der Waals surface area (Å²) in [4.78, 5) is 0.118. The minimum atomic E-state index is -3.47. The zero-order valence-electron chi connectivity index (χ0n) is 13.5. The molecule has 0 aliphatic carbocycles. The third-order valence-electron chi connectivity index (χ3n) is 3.47. The summed E-state index contributed by atoms with van der Waals surface area (Å²) in [5.41, 5.74) is -0.646. The van der Waals surface area contributed by atoms with Crippen LogP contribution in [0.25, 0.3) is 0 Å². The van der Waals surface area contributed by atoms with E-state index < -0.39 is 23.9 Å². The number of rotatable bonds is 6. The molecular formula is C13H29NO3SSi. The summed E-state index contributed by atoms with van der Waals surface area (Å²) in [5, 5.41) is 0.107. The fourth-order valence-corrected chi connectivity index (χ4v) is 3.17. The molecule has 0 aromatic carbocycles. The van der Waals surface area contributed by atoms with Gasteiger partial charge in [-0.1, -0.05) is 27.4 Å². The molecule has 0 saturated carbocycles. The van der Waals surface area contributed by atoms with Crippen LogP contribution in [-0.4, -0.2) is 28.9 Å². The molecule has 0 radical (unpaired) electrons. The first-order valence-corrected chi connectivity index (χ1v) is 10.8. The molecule has 0 bridgehead atoms. The van der Waals surface area contributed by atoms with Crippen LogP contribution in [0.4, 0.5) is 0 Å². The number of hydrogen-bond donors (Lipinski definition) is 1. The Labute approximate surface area is 119 Å². The van der Waals surface area contributed by atoms with Gasteiger partial charge in [0, 0.05) is 10.4 Å². The molecule has 4 nitrogen and oxygen atoms in total. The third kappa shape index (κ3) is 5.77. The van der Waals surface area contributed by atoms with Gasteiger partial charge >= 0.3 is 0 Å². The Morgan fingerprint density at radius 3 is 1.95 bits per heavy atom. The van der Waals surface area contributed by atoms with Crippen LogP contribution in [0, 0.1) is 0 Å². The summed E-state index contributed by atoms with van der Waals surface area (Å²) >= 11 is 0. The van der Waals surface area contributed by atoms with Crippen LogP contribution in [0.2, 0.25) is 18.1 Å². The predicted molar refractivity (Wildman–Crippen MR) is 84.1 cm³/mol. The number of hydrogen-bond acceptors (Lipinski definition) is 3. The zero-order valence-corrected chi connectivity index (χ0v) is 15.4. The fraction of sp³-hybridized carbons (Fsp3) is 0.846. The van der Waals surface area contributed by atoms with Gasteiger partial charge in [0.25, 0.3) is 0 Å². The molecule has 0 amide bonds. The van der Waals surface area contributed by atoms with Crippen molar-refractivity contribution in [3.63, 3.8) is 0 Å². The van der Waals surface area contributed by atoms with E-state index in [1.165, 1.54) is 6.92 Å². The highest BCUT2D eigenvalue weighted by molar-refractivity contribution is 7.93. The van der Waals surface area contributed by atoms with Gasteiger partial charge < -0.3 is 4.43 Å². The average Bonchev–Trinajstić information content (AvgIpc) is 2.11. The van der Waals surface area contributed by atoms with Crippen molar-refractivity contribution in [2.24, 2.45) is 0 Å². The van der Waals surface area contributed by atoms with E-state index in [0.29, 0.717) is 6.61 Å². The summed E-state index contributed by atoms with van der Waals surface area (Å²) in [5.74, 6) is 0. The van der Waals surface area contributed by atoms with E-state index >= 15 is 0 Å². The Bertz CT molecular complexity index is 433. The highest BCUT2D eigenvalue weighted by Gasteiger charge is 2.39. The van der Waals surface area contributed by atoms with Crippen molar-refractivity contribution >= 4 is 18.3 Å². The standard InChI is InChI=1S/C13H29NO3SSi/c1-11(2)18(15,16)14-13(6,7)10-17-19(8,9)12(3,4)5/h14H,1,10H2,2-9H3. The third-order valence-corrected chi connectivity index (χ3v) is 9.69. The molecule has 0 aliphatic rings. The van der Waals surface area contributed by atoms with Gasteiger partial charge in [-0.05, 0) is 38.9 Å². The molecule has 0 spiro atoms. The van der Waals surface area contributed by atoms with Crippen LogP contribution in [0.5, 0.6) is 0 Å². The molecule has 6 heteroatoms. The van der Waals surface area contributed by atoms with Crippen molar-refractivity contribution in [3.8, 4) is 0 Å². The van der Waals surface area contributed by atoms with Crippen molar-refractivity contribution in [2.75, 3.05) is 6.61 Å². The van der Waals surface area contributed by atoms with E-state index in [1.54, 1.807) is 0 Å². The molecule has 0 atom stereocenters. The topological polar surface area (TPSA) is 55.4 Å². The Hall–Kier alpha value is -0.173. The summed E-state index contributed by atoms with van der Waals surface area (Å²) in [6, 6.07) is 0. The first-order chi connectivity index (χ1) is 8.11. The van der Waals surface area contributed by atoms with Gasteiger partial charge in [0.1, 0.15) is 0 Å². The molecule has 0 aromatic rings. The maximum absolute atomic E-state index is 11.8. The van der Waals surface area contributed by atoms with Gasteiger partial charge in [-0.15, -0.1) is 0 Å². The smallest absolute Gasteiger partial charge is 0.236 e. The number of nitrogens with one attached hydrogen (secondary N) is 1. The van der Waals surface area contributed by atoms with E-state index in [-0.39, 0.29) is 9.94 Å². The molecular weight excluding hydrogens is 278 g/mol. The monoisotopic (exact) mass is 307 g/mol. The Kier molecular flexibility index (Phi) is 5.62. The van der Waals surface area contributed by atoms with Gasteiger partial charge in [-0.25, -0.2) is 13.1 Å². The second-order valence-electron chi connectivity index (χ2n) is 7.24. The van der Waals surface area contributed by atoms with E-state index in [9.17, 15) is 8.42 Å². The van der Waals surface area contributed by atoms with E-state index in [0.717, 1.165) is 0 Å². The van der Waals surface area contributed by atoms with E-state index in [4.69, 9.17) is 4.43 Å². The van der Waals surface area contributed by atoms with Gasteiger partial charge in [0.2, 0.25) is 10.0 Å². The Morgan fingerprint density at radius 1 is 1.21 bits per heavy atom. The maximum Gasteiger partial charge on any atom is 0.236 e. The highest BCUT2D eigenvalue weighted by atomic mass is 32.2. The second-order valence-corrected chi connectivity index (χ2v) is 14.0. The molecule has 0 saturated heterocycles. The molecule has 0 unspecified atom stereocenters. The summed E-state index contributed by atoms with van der Waals surface area (Å²) in [6.45, 7) is 19.7. The average molecular weight is 308 g/mol. The zero-order chi connectivity index (χ0) is 15.7. The normalized spacial score (nSPS) is 14.5. The Balaban J connectivity index is 4.79. The van der Waals surface area contributed by atoms with E-state index in [1.807, 2.05) is 13.8 Å². The van der Waals surface area contributed by atoms with Crippen molar-refractivity contribution in [1.82, 2.24) is 4.72 Å². The lowest BCUT2D eigenvalue weighted by Gasteiger charge is -2.39. The van der Waals surface area contributed by atoms with Crippen LogP contribution in [0.15, 0.2) is 11.5 Å². The van der Waals surface area contributed by atoms with Crippen molar-refractivity contribution in [2.45, 2.75) is 65.2 Å². The SMILES string of the molecule is C=C(C)S(=O)(=O)NC(C)(C)CO[Si](C)(C)C(C)(C)C. The van der Waals surface area contributed by atoms with E-state index in [2.05, 4.69) is 45.2 Å². The molecule has 0 rings (SSSR count). The minimum absolute atomic E-state index is 0.107. The van der Waals surface area contributed by atoms with Gasteiger partial charge in [0.05, 0.1) is 6.61 Å². The first kappa shape index (κ1) is 18.8. The number of sulfonamides is 1.